The molecule has 1 amide bonds. The summed E-state index contributed by atoms with van der Waals surface area (Å²) in [6, 6.07) is 7.94. The lowest BCUT2D eigenvalue weighted by Crippen LogP contribution is -2.25. The third kappa shape index (κ3) is 4.00. The summed E-state index contributed by atoms with van der Waals surface area (Å²) in [5.41, 5.74) is 5.80. The molecule has 0 saturated heterocycles. The van der Waals surface area contributed by atoms with Gasteiger partial charge in [-0.25, -0.2) is 9.82 Å². The van der Waals surface area contributed by atoms with E-state index in [0.717, 1.165) is 17.0 Å². The van der Waals surface area contributed by atoms with Crippen LogP contribution >= 0.6 is 0 Å². The standard InChI is InChI=1S/C16H19FN4O/c1-4-15(13-5-7-14(17)8-6-13)18-19-16(22)10-21-12(3)9-11(2)20-21/h5-9H,4,10H2,1-3H3,(H,19,22)/b18-15+. The second-order valence-electron chi connectivity index (χ2n) is 5.04. The molecule has 22 heavy (non-hydrogen) atoms. The average Bonchev–Trinajstić information content (AvgIpc) is 2.79. The van der Waals surface area contributed by atoms with Gasteiger partial charge >= 0.3 is 0 Å². The smallest absolute Gasteiger partial charge is 0.261 e. The molecule has 0 radical (unpaired) electrons. The van der Waals surface area contributed by atoms with Gasteiger partial charge in [0.1, 0.15) is 12.4 Å². The van der Waals surface area contributed by atoms with E-state index in [1.807, 2.05) is 26.8 Å². The summed E-state index contributed by atoms with van der Waals surface area (Å²) >= 11 is 0. The molecule has 6 heteroatoms. The lowest BCUT2D eigenvalue weighted by atomic mass is 10.1. The van der Waals surface area contributed by atoms with Gasteiger partial charge in [-0.1, -0.05) is 19.1 Å². The molecule has 2 rings (SSSR count). The maximum absolute atomic E-state index is 12.9. The average molecular weight is 302 g/mol. The summed E-state index contributed by atoms with van der Waals surface area (Å²) in [6.45, 7) is 5.81. The van der Waals surface area contributed by atoms with Crippen molar-refractivity contribution in [1.82, 2.24) is 15.2 Å². The normalized spacial score (nSPS) is 11.5. The Labute approximate surface area is 128 Å². The van der Waals surface area contributed by atoms with Crippen molar-refractivity contribution >= 4 is 11.6 Å². The van der Waals surface area contributed by atoms with Crippen LogP contribution in [0.25, 0.3) is 0 Å². The van der Waals surface area contributed by atoms with Gasteiger partial charge in [0.05, 0.1) is 11.4 Å². The second kappa shape index (κ2) is 6.98. The molecule has 1 aromatic carbocycles. The van der Waals surface area contributed by atoms with Crippen LogP contribution in [0.1, 0.15) is 30.3 Å². The molecule has 2 aromatic rings. The zero-order valence-corrected chi connectivity index (χ0v) is 12.9. The number of hydrazone groups is 1. The van der Waals surface area contributed by atoms with Gasteiger partial charge < -0.3 is 0 Å². The van der Waals surface area contributed by atoms with Gasteiger partial charge in [-0.05, 0) is 44.0 Å². The summed E-state index contributed by atoms with van der Waals surface area (Å²) < 4.78 is 14.6. The predicted molar refractivity (Wildman–Crippen MR) is 83.1 cm³/mol. The van der Waals surface area contributed by atoms with E-state index in [4.69, 9.17) is 0 Å². The predicted octanol–water partition coefficient (Wildman–Crippen LogP) is 2.57. The van der Waals surface area contributed by atoms with Crippen molar-refractivity contribution in [3.63, 3.8) is 0 Å². The van der Waals surface area contributed by atoms with Gasteiger partial charge in [0.25, 0.3) is 5.91 Å². The van der Waals surface area contributed by atoms with E-state index in [2.05, 4.69) is 15.6 Å². The number of hydrogen-bond donors (Lipinski definition) is 1. The van der Waals surface area contributed by atoms with Crippen LogP contribution in [0.5, 0.6) is 0 Å². The molecule has 116 valence electrons. The van der Waals surface area contributed by atoms with Gasteiger partial charge in [-0.15, -0.1) is 0 Å². The van der Waals surface area contributed by atoms with E-state index >= 15 is 0 Å². The Morgan fingerprint density at radius 1 is 1.32 bits per heavy atom. The molecule has 0 unspecified atom stereocenters. The van der Waals surface area contributed by atoms with E-state index in [-0.39, 0.29) is 18.3 Å². The number of nitrogens with zero attached hydrogens (tertiary/aromatic N) is 3. The molecule has 0 aliphatic rings. The first-order chi connectivity index (χ1) is 10.5. The maximum Gasteiger partial charge on any atom is 0.261 e. The molecular weight excluding hydrogens is 283 g/mol. The third-order valence-electron chi connectivity index (χ3n) is 3.22. The molecule has 0 aliphatic carbocycles. The van der Waals surface area contributed by atoms with Gasteiger partial charge in [-0.2, -0.15) is 10.2 Å². The lowest BCUT2D eigenvalue weighted by molar-refractivity contribution is -0.121. The van der Waals surface area contributed by atoms with E-state index in [1.165, 1.54) is 12.1 Å². The summed E-state index contributed by atoms with van der Waals surface area (Å²) in [5, 5.41) is 8.36. The van der Waals surface area contributed by atoms with Gasteiger partial charge in [0.2, 0.25) is 0 Å². The van der Waals surface area contributed by atoms with Crippen LogP contribution in [-0.2, 0) is 11.3 Å². The zero-order valence-electron chi connectivity index (χ0n) is 12.9. The number of rotatable bonds is 5. The number of benzene rings is 1. The highest BCUT2D eigenvalue weighted by Gasteiger charge is 2.07. The fourth-order valence-electron chi connectivity index (χ4n) is 2.13. The topological polar surface area (TPSA) is 59.3 Å². The molecule has 0 aliphatic heterocycles. The van der Waals surface area contributed by atoms with Crippen LogP contribution in [0.2, 0.25) is 0 Å². The van der Waals surface area contributed by atoms with Crippen LogP contribution in [-0.4, -0.2) is 21.4 Å². The number of halogens is 1. The fraction of sp³-hybridized carbons (Fsp3) is 0.312. The Morgan fingerprint density at radius 2 is 2.00 bits per heavy atom. The summed E-state index contributed by atoms with van der Waals surface area (Å²) in [6.07, 6.45) is 0.631. The molecular formula is C16H19FN4O. The molecule has 1 aromatic heterocycles. The monoisotopic (exact) mass is 302 g/mol. The van der Waals surface area contributed by atoms with E-state index in [9.17, 15) is 9.18 Å². The maximum atomic E-state index is 12.9. The number of amides is 1. The van der Waals surface area contributed by atoms with E-state index in [1.54, 1.807) is 16.8 Å². The molecule has 0 fully saturated rings. The van der Waals surface area contributed by atoms with E-state index < -0.39 is 0 Å². The third-order valence-corrected chi connectivity index (χ3v) is 3.22. The van der Waals surface area contributed by atoms with Gasteiger partial charge in [-0.3, -0.25) is 9.48 Å². The van der Waals surface area contributed by atoms with Crippen molar-refractivity contribution < 1.29 is 9.18 Å². The first kappa shape index (κ1) is 15.9. The highest BCUT2D eigenvalue weighted by Crippen LogP contribution is 2.06. The zero-order chi connectivity index (χ0) is 16.1. The summed E-state index contributed by atoms with van der Waals surface area (Å²) in [4.78, 5) is 11.9. The first-order valence-corrected chi connectivity index (χ1v) is 7.12. The Hall–Kier alpha value is -2.50. The van der Waals surface area contributed by atoms with Crippen molar-refractivity contribution in [3.05, 3.63) is 53.1 Å². The van der Waals surface area contributed by atoms with Gasteiger partial charge in [0.15, 0.2) is 0 Å². The minimum Gasteiger partial charge on any atom is -0.271 e. The highest BCUT2D eigenvalue weighted by atomic mass is 19.1. The molecule has 0 saturated carbocycles. The highest BCUT2D eigenvalue weighted by molar-refractivity contribution is 6.00. The number of carbonyl (C=O) groups excluding carboxylic acids is 1. The van der Waals surface area contributed by atoms with Crippen LogP contribution in [0.15, 0.2) is 35.4 Å². The lowest BCUT2D eigenvalue weighted by Gasteiger charge is -2.06. The molecule has 5 nitrogen and oxygen atoms in total. The van der Waals surface area contributed by atoms with E-state index in [0.29, 0.717) is 12.1 Å². The molecule has 0 spiro atoms. The van der Waals surface area contributed by atoms with Crippen molar-refractivity contribution in [2.75, 3.05) is 0 Å². The van der Waals surface area contributed by atoms with Crippen molar-refractivity contribution in [3.8, 4) is 0 Å². The minimum atomic E-state index is -0.298. The SMILES string of the molecule is CC/C(=N\NC(=O)Cn1nc(C)cc1C)c1ccc(F)cc1. The fourth-order valence-corrected chi connectivity index (χ4v) is 2.13. The van der Waals surface area contributed by atoms with Crippen LogP contribution in [0, 0.1) is 19.7 Å². The Bertz CT molecular complexity index is 689. The number of aromatic nitrogens is 2. The van der Waals surface area contributed by atoms with Crippen molar-refractivity contribution in [2.24, 2.45) is 5.10 Å². The number of nitrogens with one attached hydrogen (secondary N) is 1. The first-order valence-electron chi connectivity index (χ1n) is 7.12. The molecule has 0 atom stereocenters. The second-order valence-corrected chi connectivity index (χ2v) is 5.04. The Morgan fingerprint density at radius 3 is 2.55 bits per heavy atom. The number of carbonyl (C=O) groups is 1. The van der Waals surface area contributed by atoms with Crippen molar-refractivity contribution in [2.45, 2.75) is 33.7 Å². The number of hydrogen-bond acceptors (Lipinski definition) is 3. The van der Waals surface area contributed by atoms with Crippen molar-refractivity contribution in [1.29, 1.82) is 0 Å². The quantitative estimate of drug-likeness (QED) is 0.681. The number of aryl methyl sites for hydroxylation is 2. The molecule has 0 bridgehead atoms. The minimum absolute atomic E-state index is 0.115. The summed E-state index contributed by atoms with van der Waals surface area (Å²) in [5.74, 6) is -0.549. The molecule has 1 heterocycles. The van der Waals surface area contributed by atoms with Crippen LogP contribution in [0.3, 0.4) is 0 Å². The van der Waals surface area contributed by atoms with Gasteiger partial charge in [0, 0.05) is 5.69 Å². The van der Waals surface area contributed by atoms with Crippen LogP contribution < -0.4 is 5.43 Å². The Kier molecular flexibility index (Phi) is 5.04. The Balaban J connectivity index is 2.03. The molecule has 1 N–H and O–H groups in total. The largest absolute Gasteiger partial charge is 0.271 e. The summed E-state index contributed by atoms with van der Waals surface area (Å²) in [7, 11) is 0. The van der Waals surface area contributed by atoms with Crippen LogP contribution in [0.4, 0.5) is 4.39 Å².